The van der Waals surface area contributed by atoms with Gasteiger partial charge in [0.2, 0.25) is 0 Å². The fourth-order valence-electron chi connectivity index (χ4n) is 9.30. The Morgan fingerprint density at radius 2 is 1.37 bits per heavy atom. The van der Waals surface area contributed by atoms with Gasteiger partial charge in [-0.2, -0.15) is 5.26 Å². The Hall–Kier alpha value is -5.85. The van der Waals surface area contributed by atoms with Gasteiger partial charge < -0.3 is 9.64 Å². The molecule has 51 heavy (non-hydrogen) atoms. The van der Waals surface area contributed by atoms with Crippen LogP contribution in [0, 0.1) is 11.3 Å². The standard InChI is InChI=1S/C48H38N2O/c1-47(2)43-28-31(30-49)14-22-41(43)44-39-12-6-7-13-40(39)46-42(45(44)47)24-25-48(51-46,34-17-20-36(21-18-34)50-26-8-3-9-27-50)35-19-23-38-33(29-35)16-15-32-10-4-5-11-37(32)38/h4-7,10-25,28-29H,3,8-9,26-27H2,1-2H3. The molecule has 0 radical (unpaired) electrons. The molecule has 1 atom stereocenters. The summed E-state index contributed by atoms with van der Waals surface area (Å²) in [6.07, 6.45) is 8.42. The van der Waals surface area contributed by atoms with Crippen LogP contribution in [0.1, 0.15) is 66.5 Å². The fourth-order valence-corrected chi connectivity index (χ4v) is 9.30. The van der Waals surface area contributed by atoms with Gasteiger partial charge in [-0.1, -0.05) is 111 Å². The molecule has 0 spiro atoms. The minimum absolute atomic E-state index is 0.320. The Morgan fingerprint density at radius 3 is 2.18 bits per heavy atom. The zero-order chi connectivity index (χ0) is 34.3. The van der Waals surface area contributed by atoms with Crippen LogP contribution in [0.15, 0.2) is 127 Å². The zero-order valence-electron chi connectivity index (χ0n) is 29.0. The third-order valence-electron chi connectivity index (χ3n) is 11.9. The van der Waals surface area contributed by atoms with Gasteiger partial charge in [0, 0.05) is 46.3 Å². The summed E-state index contributed by atoms with van der Waals surface area (Å²) in [4.78, 5) is 2.52. The first-order valence-corrected chi connectivity index (χ1v) is 18.3. The summed E-state index contributed by atoms with van der Waals surface area (Å²) < 4.78 is 7.64. The lowest BCUT2D eigenvalue weighted by Gasteiger charge is -2.39. The number of benzene rings is 7. The third-order valence-corrected chi connectivity index (χ3v) is 11.9. The molecule has 2 aliphatic heterocycles. The second-order valence-electron chi connectivity index (χ2n) is 15.0. The molecule has 0 N–H and O–H groups in total. The van der Waals surface area contributed by atoms with Crippen molar-refractivity contribution in [2.24, 2.45) is 0 Å². The molecular formula is C48H38N2O. The monoisotopic (exact) mass is 658 g/mol. The van der Waals surface area contributed by atoms with Gasteiger partial charge >= 0.3 is 0 Å². The molecule has 1 saturated heterocycles. The second-order valence-corrected chi connectivity index (χ2v) is 15.0. The van der Waals surface area contributed by atoms with Crippen molar-refractivity contribution >= 4 is 44.1 Å². The molecule has 0 bridgehead atoms. The maximum atomic E-state index is 9.82. The predicted molar refractivity (Wildman–Crippen MR) is 211 cm³/mol. The highest BCUT2D eigenvalue weighted by molar-refractivity contribution is 6.09. The summed E-state index contributed by atoms with van der Waals surface area (Å²) in [6, 6.07) is 46.3. The molecule has 1 unspecified atom stereocenters. The zero-order valence-corrected chi connectivity index (χ0v) is 29.0. The van der Waals surface area contributed by atoms with E-state index in [1.54, 1.807) is 0 Å². The molecule has 246 valence electrons. The normalized spacial score (nSPS) is 18.6. The quantitative estimate of drug-likeness (QED) is 0.177. The van der Waals surface area contributed by atoms with Gasteiger partial charge in [0.05, 0.1) is 11.6 Å². The molecular weight excluding hydrogens is 621 g/mol. The molecule has 10 rings (SSSR count). The van der Waals surface area contributed by atoms with Crippen molar-refractivity contribution < 1.29 is 4.74 Å². The van der Waals surface area contributed by atoms with Crippen molar-refractivity contribution in [3.05, 3.63) is 161 Å². The lowest BCUT2D eigenvalue weighted by atomic mass is 9.76. The van der Waals surface area contributed by atoms with Crippen LogP contribution in [0.2, 0.25) is 0 Å². The number of nitrogens with zero attached hydrogens (tertiary/aromatic N) is 2. The van der Waals surface area contributed by atoms with Gasteiger partial charge in [-0.05, 0) is 105 Å². The van der Waals surface area contributed by atoms with Crippen LogP contribution in [0.3, 0.4) is 0 Å². The maximum Gasteiger partial charge on any atom is 0.178 e. The minimum Gasteiger partial charge on any atom is -0.472 e. The first kappa shape index (κ1) is 30.0. The number of ether oxygens (including phenoxy) is 1. The molecule has 7 aromatic carbocycles. The summed E-state index contributed by atoms with van der Waals surface area (Å²) in [5.74, 6) is 0.909. The van der Waals surface area contributed by atoms with E-state index in [2.05, 4.69) is 152 Å². The highest BCUT2D eigenvalue weighted by atomic mass is 16.5. The lowest BCUT2D eigenvalue weighted by Crippen LogP contribution is -2.35. The average Bonchev–Trinajstić information content (AvgIpc) is 3.43. The lowest BCUT2D eigenvalue weighted by molar-refractivity contribution is 0.163. The SMILES string of the molecule is CC1(C)c2cc(C#N)ccc2-c2c1c1c(c3ccccc23)OC(c2ccc(N3CCCCC3)cc2)(c2ccc3c(ccc4ccccc43)c2)C=C1. The van der Waals surface area contributed by atoms with Gasteiger partial charge in [-0.25, -0.2) is 0 Å². The molecule has 3 aliphatic rings. The molecule has 2 heterocycles. The van der Waals surface area contributed by atoms with Crippen molar-refractivity contribution in [1.29, 1.82) is 5.26 Å². The summed E-state index contributed by atoms with van der Waals surface area (Å²) in [5.41, 5.74) is 9.02. The number of nitriles is 1. The van der Waals surface area contributed by atoms with Crippen LogP contribution in [-0.2, 0) is 11.0 Å². The Balaban J connectivity index is 1.21. The summed E-state index contributed by atoms with van der Waals surface area (Å²) in [5, 5.41) is 17.0. The van der Waals surface area contributed by atoms with Crippen LogP contribution in [0.25, 0.3) is 49.5 Å². The number of hydrogen-bond acceptors (Lipinski definition) is 3. The Labute approximate surface area is 299 Å². The fraction of sp³-hybridized carbons (Fsp3) is 0.188. The molecule has 0 saturated carbocycles. The van der Waals surface area contributed by atoms with Gasteiger partial charge in [-0.15, -0.1) is 0 Å². The molecule has 3 nitrogen and oxygen atoms in total. The molecule has 7 aromatic rings. The number of hydrogen-bond donors (Lipinski definition) is 0. The number of anilines is 1. The Kier molecular flexibility index (Phi) is 6.52. The third kappa shape index (κ3) is 4.36. The Morgan fingerprint density at radius 1 is 0.667 bits per heavy atom. The van der Waals surface area contributed by atoms with E-state index in [9.17, 15) is 5.26 Å². The molecule has 1 fully saturated rings. The van der Waals surface area contributed by atoms with Crippen molar-refractivity contribution in [1.82, 2.24) is 0 Å². The van der Waals surface area contributed by atoms with E-state index in [-0.39, 0.29) is 5.41 Å². The van der Waals surface area contributed by atoms with Gasteiger partial charge in [0.25, 0.3) is 0 Å². The highest BCUT2D eigenvalue weighted by Crippen LogP contribution is 2.58. The van der Waals surface area contributed by atoms with E-state index in [1.807, 2.05) is 6.07 Å². The predicted octanol–water partition coefficient (Wildman–Crippen LogP) is 11.7. The number of piperidine rings is 1. The summed E-state index contributed by atoms with van der Waals surface area (Å²) in [6.45, 7) is 6.79. The topological polar surface area (TPSA) is 36.3 Å². The van der Waals surface area contributed by atoms with Crippen molar-refractivity contribution in [3.63, 3.8) is 0 Å². The van der Waals surface area contributed by atoms with E-state index >= 15 is 0 Å². The van der Waals surface area contributed by atoms with Crippen LogP contribution in [-0.4, -0.2) is 13.1 Å². The highest BCUT2D eigenvalue weighted by Gasteiger charge is 2.44. The van der Waals surface area contributed by atoms with Crippen LogP contribution < -0.4 is 9.64 Å². The second kappa shape index (κ2) is 11.1. The van der Waals surface area contributed by atoms with E-state index in [4.69, 9.17) is 4.74 Å². The maximum absolute atomic E-state index is 9.82. The smallest absolute Gasteiger partial charge is 0.178 e. The number of rotatable bonds is 3. The van der Waals surface area contributed by atoms with E-state index in [0.717, 1.165) is 40.9 Å². The van der Waals surface area contributed by atoms with Crippen LogP contribution in [0.5, 0.6) is 5.75 Å². The van der Waals surface area contributed by atoms with Crippen LogP contribution in [0.4, 0.5) is 5.69 Å². The number of fused-ring (bicyclic) bond motifs is 11. The average molecular weight is 659 g/mol. The first-order valence-electron chi connectivity index (χ1n) is 18.3. The summed E-state index contributed by atoms with van der Waals surface area (Å²) in [7, 11) is 0. The van der Waals surface area contributed by atoms with Crippen molar-refractivity contribution in [2.45, 2.75) is 44.1 Å². The largest absolute Gasteiger partial charge is 0.472 e. The van der Waals surface area contributed by atoms with Gasteiger partial charge in [-0.3, -0.25) is 0 Å². The molecule has 0 amide bonds. The van der Waals surface area contributed by atoms with Gasteiger partial charge in [0.15, 0.2) is 5.60 Å². The Bertz CT molecular complexity index is 2640. The van der Waals surface area contributed by atoms with Crippen molar-refractivity contribution in [3.8, 4) is 22.9 Å². The van der Waals surface area contributed by atoms with Gasteiger partial charge in [0.1, 0.15) is 5.75 Å². The van der Waals surface area contributed by atoms with E-state index in [1.165, 1.54) is 74.1 Å². The van der Waals surface area contributed by atoms with E-state index in [0.29, 0.717) is 5.56 Å². The minimum atomic E-state index is -0.853. The summed E-state index contributed by atoms with van der Waals surface area (Å²) >= 11 is 0. The molecule has 0 aromatic heterocycles. The van der Waals surface area contributed by atoms with E-state index < -0.39 is 5.60 Å². The molecule has 3 heteroatoms. The van der Waals surface area contributed by atoms with Crippen LogP contribution >= 0.6 is 0 Å². The molecule has 1 aliphatic carbocycles. The van der Waals surface area contributed by atoms with Crippen molar-refractivity contribution in [2.75, 3.05) is 18.0 Å². The first-order chi connectivity index (χ1) is 25.0.